The topological polar surface area (TPSA) is 55.1 Å². The molecule has 1 rings (SSSR count). The predicted molar refractivity (Wildman–Crippen MR) is 68.6 cm³/mol. The van der Waals surface area contributed by atoms with Gasteiger partial charge in [-0.1, -0.05) is 31.4 Å². The van der Waals surface area contributed by atoms with Crippen LogP contribution in [0.25, 0.3) is 0 Å². The van der Waals surface area contributed by atoms with E-state index in [2.05, 4.69) is 12.2 Å². The van der Waals surface area contributed by atoms with Crippen LogP contribution in [0.4, 0.5) is 11.4 Å². The molecule has 3 N–H and O–H groups in total. The molecule has 0 spiro atoms. The zero-order valence-corrected chi connectivity index (χ0v) is 10.2. The van der Waals surface area contributed by atoms with Crippen LogP contribution in [0.1, 0.15) is 32.6 Å². The summed E-state index contributed by atoms with van der Waals surface area (Å²) in [5.74, 6) is 0.0225. The minimum absolute atomic E-state index is 0.0225. The highest BCUT2D eigenvalue weighted by Crippen LogP contribution is 2.22. The monoisotopic (exact) mass is 240 g/mol. The number of anilines is 2. The lowest BCUT2D eigenvalue weighted by Crippen LogP contribution is -2.11. The number of hydrogen-bond donors (Lipinski definition) is 2. The van der Waals surface area contributed by atoms with Crippen LogP contribution in [0.3, 0.4) is 0 Å². The second kappa shape index (κ2) is 6.38. The Bertz CT molecular complexity index is 366. The molecule has 0 aliphatic carbocycles. The van der Waals surface area contributed by atoms with Crippen LogP contribution in [0.5, 0.6) is 0 Å². The van der Waals surface area contributed by atoms with Crippen molar-refractivity contribution in [2.45, 2.75) is 32.6 Å². The van der Waals surface area contributed by atoms with Crippen LogP contribution >= 0.6 is 11.6 Å². The normalized spacial score (nSPS) is 10.1. The highest BCUT2D eigenvalue weighted by Gasteiger charge is 2.03. The predicted octanol–water partition coefficient (Wildman–Crippen LogP) is 3.44. The molecule has 16 heavy (non-hydrogen) atoms. The molecule has 0 aliphatic rings. The van der Waals surface area contributed by atoms with E-state index in [1.165, 1.54) is 0 Å². The molecule has 0 aromatic heterocycles. The molecule has 0 fully saturated rings. The van der Waals surface area contributed by atoms with Crippen molar-refractivity contribution in [3.8, 4) is 0 Å². The molecule has 0 unspecified atom stereocenters. The molecule has 4 heteroatoms. The summed E-state index contributed by atoms with van der Waals surface area (Å²) in [7, 11) is 0. The fraction of sp³-hybridized carbons (Fsp3) is 0.417. The number of hydrogen-bond acceptors (Lipinski definition) is 2. The number of halogens is 1. The first-order valence-electron chi connectivity index (χ1n) is 5.48. The van der Waals surface area contributed by atoms with Gasteiger partial charge in [0.25, 0.3) is 0 Å². The van der Waals surface area contributed by atoms with Crippen molar-refractivity contribution < 1.29 is 4.79 Å². The van der Waals surface area contributed by atoms with Crippen LogP contribution < -0.4 is 11.1 Å². The lowest BCUT2D eigenvalue weighted by Gasteiger charge is -2.06. The van der Waals surface area contributed by atoms with Crippen molar-refractivity contribution in [1.82, 2.24) is 0 Å². The molecular formula is C12H17ClN2O. The number of benzene rings is 1. The van der Waals surface area contributed by atoms with Gasteiger partial charge in [0.05, 0.1) is 10.7 Å². The maximum absolute atomic E-state index is 11.5. The molecule has 1 aromatic carbocycles. The number of rotatable bonds is 5. The Labute approximate surface area is 101 Å². The molecular weight excluding hydrogens is 224 g/mol. The average Bonchev–Trinajstić information content (AvgIpc) is 2.24. The molecule has 3 nitrogen and oxygen atoms in total. The fourth-order valence-electron chi connectivity index (χ4n) is 1.36. The standard InChI is InChI=1S/C12H17ClN2O/c1-2-3-4-5-12(16)15-9-6-7-11(14)10(13)8-9/h6-8H,2-5,14H2,1H3,(H,15,16). The van der Waals surface area contributed by atoms with Crippen LogP contribution in [0, 0.1) is 0 Å². The summed E-state index contributed by atoms with van der Waals surface area (Å²) in [5.41, 5.74) is 6.79. The number of unbranched alkanes of at least 4 members (excludes halogenated alkanes) is 2. The summed E-state index contributed by atoms with van der Waals surface area (Å²) in [6.45, 7) is 2.11. The molecule has 0 atom stereocenters. The van der Waals surface area contributed by atoms with Gasteiger partial charge in [0.2, 0.25) is 5.91 Å². The molecule has 0 bridgehead atoms. The van der Waals surface area contributed by atoms with Gasteiger partial charge in [0.1, 0.15) is 0 Å². The van der Waals surface area contributed by atoms with Gasteiger partial charge in [0.15, 0.2) is 0 Å². The van der Waals surface area contributed by atoms with Crippen molar-refractivity contribution in [3.63, 3.8) is 0 Å². The van der Waals surface area contributed by atoms with E-state index in [1.54, 1.807) is 18.2 Å². The smallest absolute Gasteiger partial charge is 0.224 e. The molecule has 88 valence electrons. The Morgan fingerprint density at radius 2 is 2.19 bits per heavy atom. The van der Waals surface area contributed by atoms with Gasteiger partial charge in [0, 0.05) is 12.1 Å². The van der Waals surface area contributed by atoms with E-state index in [9.17, 15) is 4.79 Å². The Kier molecular flexibility index (Phi) is 5.12. The molecule has 0 saturated carbocycles. The highest BCUT2D eigenvalue weighted by molar-refractivity contribution is 6.33. The van der Waals surface area contributed by atoms with E-state index >= 15 is 0 Å². The number of nitrogens with two attached hydrogens (primary N) is 1. The number of carbonyl (C=O) groups is 1. The second-order valence-electron chi connectivity index (χ2n) is 3.74. The van der Waals surface area contributed by atoms with Gasteiger partial charge in [-0.3, -0.25) is 4.79 Å². The quantitative estimate of drug-likeness (QED) is 0.612. The van der Waals surface area contributed by atoms with Crippen molar-refractivity contribution in [3.05, 3.63) is 23.2 Å². The number of amides is 1. The first-order chi connectivity index (χ1) is 7.63. The Morgan fingerprint density at radius 1 is 1.44 bits per heavy atom. The molecule has 0 radical (unpaired) electrons. The summed E-state index contributed by atoms with van der Waals surface area (Å²) in [6, 6.07) is 5.09. The largest absolute Gasteiger partial charge is 0.398 e. The average molecular weight is 241 g/mol. The van der Waals surface area contributed by atoms with Crippen LogP contribution in [0.15, 0.2) is 18.2 Å². The number of carbonyl (C=O) groups excluding carboxylic acids is 1. The summed E-state index contributed by atoms with van der Waals surface area (Å²) in [6.07, 6.45) is 3.66. The third-order valence-electron chi connectivity index (χ3n) is 2.29. The Balaban J connectivity index is 2.46. The van der Waals surface area contributed by atoms with Crippen molar-refractivity contribution >= 4 is 28.9 Å². The minimum Gasteiger partial charge on any atom is -0.398 e. The van der Waals surface area contributed by atoms with E-state index in [0.717, 1.165) is 19.3 Å². The van der Waals surface area contributed by atoms with E-state index in [-0.39, 0.29) is 5.91 Å². The zero-order chi connectivity index (χ0) is 12.0. The van der Waals surface area contributed by atoms with E-state index in [4.69, 9.17) is 17.3 Å². The first-order valence-corrected chi connectivity index (χ1v) is 5.86. The van der Waals surface area contributed by atoms with Crippen LogP contribution in [-0.4, -0.2) is 5.91 Å². The maximum Gasteiger partial charge on any atom is 0.224 e. The third kappa shape index (κ3) is 4.11. The summed E-state index contributed by atoms with van der Waals surface area (Å²) in [4.78, 5) is 11.5. The minimum atomic E-state index is 0.0225. The Hall–Kier alpha value is -1.22. The number of nitrogens with one attached hydrogen (secondary N) is 1. The SMILES string of the molecule is CCCCCC(=O)Nc1ccc(N)c(Cl)c1. The van der Waals surface area contributed by atoms with E-state index in [0.29, 0.717) is 22.8 Å². The van der Waals surface area contributed by atoms with Gasteiger partial charge in [-0.15, -0.1) is 0 Å². The highest BCUT2D eigenvalue weighted by atomic mass is 35.5. The number of nitrogen functional groups attached to an aromatic ring is 1. The summed E-state index contributed by atoms with van der Waals surface area (Å²) < 4.78 is 0. The van der Waals surface area contributed by atoms with E-state index in [1.807, 2.05) is 0 Å². The van der Waals surface area contributed by atoms with Gasteiger partial charge >= 0.3 is 0 Å². The second-order valence-corrected chi connectivity index (χ2v) is 4.15. The van der Waals surface area contributed by atoms with Gasteiger partial charge < -0.3 is 11.1 Å². The molecule has 0 heterocycles. The lowest BCUT2D eigenvalue weighted by molar-refractivity contribution is -0.116. The van der Waals surface area contributed by atoms with Crippen molar-refractivity contribution in [2.75, 3.05) is 11.1 Å². The summed E-state index contributed by atoms with van der Waals surface area (Å²) in [5, 5.41) is 3.25. The fourth-order valence-corrected chi connectivity index (χ4v) is 1.54. The van der Waals surface area contributed by atoms with Gasteiger partial charge in [-0.05, 0) is 24.6 Å². The molecule has 1 amide bonds. The van der Waals surface area contributed by atoms with Gasteiger partial charge in [-0.25, -0.2) is 0 Å². The Morgan fingerprint density at radius 3 is 2.81 bits per heavy atom. The molecule has 0 saturated heterocycles. The maximum atomic E-state index is 11.5. The zero-order valence-electron chi connectivity index (χ0n) is 9.42. The van der Waals surface area contributed by atoms with Crippen LogP contribution in [0.2, 0.25) is 5.02 Å². The lowest BCUT2D eigenvalue weighted by atomic mass is 10.2. The first kappa shape index (κ1) is 12.8. The van der Waals surface area contributed by atoms with E-state index < -0.39 is 0 Å². The van der Waals surface area contributed by atoms with Crippen molar-refractivity contribution in [2.24, 2.45) is 0 Å². The third-order valence-corrected chi connectivity index (χ3v) is 2.62. The van der Waals surface area contributed by atoms with Gasteiger partial charge in [-0.2, -0.15) is 0 Å². The molecule has 0 aliphatic heterocycles. The van der Waals surface area contributed by atoms with Crippen LogP contribution in [-0.2, 0) is 4.79 Å². The molecule has 1 aromatic rings. The summed E-state index contributed by atoms with van der Waals surface area (Å²) >= 11 is 5.85. The van der Waals surface area contributed by atoms with Crippen molar-refractivity contribution in [1.29, 1.82) is 0 Å².